The molecule has 30 heavy (non-hydrogen) atoms. The number of rotatable bonds is 8. The second-order valence-electron chi connectivity index (χ2n) is 7.03. The van der Waals surface area contributed by atoms with Crippen molar-refractivity contribution in [3.05, 3.63) is 17.7 Å². The molecule has 1 aromatic carbocycles. The number of halogens is 1. The van der Waals surface area contributed by atoms with E-state index in [0.717, 1.165) is 50.4 Å². The van der Waals surface area contributed by atoms with Gasteiger partial charge in [-0.2, -0.15) is 0 Å². The Kier molecular flexibility index (Phi) is 11.7. The van der Waals surface area contributed by atoms with Crippen LogP contribution in [0.4, 0.5) is 0 Å². The van der Waals surface area contributed by atoms with Crippen LogP contribution < -0.4 is 24.8 Å². The summed E-state index contributed by atoms with van der Waals surface area (Å²) in [5.41, 5.74) is 1.04. The summed E-state index contributed by atoms with van der Waals surface area (Å²) in [5.74, 6) is 3.41. The van der Waals surface area contributed by atoms with Crippen LogP contribution in [0.5, 0.6) is 17.2 Å². The highest BCUT2D eigenvalue weighted by molar-refractivity contribution is 14.0. The number of nitrogens with zero attached hydrogens (tertiary/aromatic N) is 2. The quantitative estimate of drug-likeness (QED) is 0.303. The number of hydrogen-bond acceptors (Lipinski definition) is 5. The third-order valence-corrected chi connectivity index (χ3v) is 5.34. The normalized spacial score (nSPS) is 14.6. The first-order valence-corrected chi connectivity index (χ1v) is 10.0. The standard InChI is InChI=1S/C21H34N4O4.HI/c1-22-18(26)14-15-9-12-25(13-10-15)21(23-2)24-11-8-16-6-7-17(27-3)20(29-5)19(16)28-4;/h6-7,15H,8-14H2,1-5H3,(H,22,26)(H,23,24);1H. The Morgan fingerprint density at radius 3 is 2.33 bits per heavy atom. The molecule has 2 rings (SSSR count). The van der Waals surface area contributed by atoms with Gasteiger partial charge in [0.2, 0.25) is 11.7 Å². The maximum atomic E-state index is 11.6. The van der Waals surface area contributed by atoms with Crippen LogP contribution in [0.2, 0.25) is 0 Å². The highest BCUT2D eigenvalue weighted by Crippen LogP contribution is 2.39. The molecule has 9 heteroatoms. The molecule has 1 aliphatic rings. The van der Waals surface area contributed by atoms with Crippen molar-refractivity contribution in [3.63, 3.8) is 0 Å². The minimum atomic E-state index is 0. The highest BCUT2D eigenvalue weighted by atomic mass is 127. The molecule has 1 amide bonds. The summed E-state index contributed by atoms with van der Waals surface area (Å²) in [5, 5.41) is 6.15. The summed E-state index contributed by atoms with van der Waals surface area (Å²) in [6.45, 7) is 2.53. The number of amides is 1. The smallest absolute Gasteiger partial charge is 0.220 e. The average molecular weight is 534 g/mol. The molecule has 0 aromatic heterocycles. The Labute approximate surface area is 196 Å². The van der Waals surface area contributed by atoms with Gasteiger partial charge in [-0.05, 0) is 31.2 Å². The van der Waals surface area contributed by atoms with Gasteiger partial charge in [0.05, 0.1) is 21.3 Å². The van der Waals surface area contributed by atoms with Crippen molar-refractivity contribution in [2.24, 2.45) is 10.9 Å². The van der Waals surface area contributed by atoms with Crippen LogP contribution in [0.3, 0.4) is 0 Å². The Morgan fingerprint density at radius 1 is 1.13 bits per heavy atom. The van der Waals surface area contributed by atoms with Gasteiger partial charge in [-0.3, -0.25) is 9.79 Å². The lowest BCUT2D eigenvalue weighted by atomic mass is 9.93. The van der Waals surface area contributed by atoms with E-state index < -0.39 is 0 Å². The van der Waals surface area contributed by atoms with Crippen molar-refractivity contribution in [2.75, 3.05) is 55.1 Å². The predicted molar refractivity (Wildman–Crippen MR) is 130 cm³/mol. The van der Waals surface area contributed by atoms with Gasteiger partial charge >= 0.3 is 0 Å². The number of likely N-dealkylation sites (tertiary alicyclic amines) is 1. The SMILES string of the molecule is CN=C(NCCc1ccc(OC)c(OC)c1OC)N1CCC(CC(=O)NC)CC1.I. The molecule has 0 radical (unpaired) electrons. The average Bonchev–Trinajstić information content (AvgIpc) is 2.76. The summed E-state index contributed by atoms with van der Waals surface area (Å²) < 4.78 is 16.4. The Morgan fingerprint density at radius 2 is 1.80 bits per heavy atom. The van der Waals surface area contributed by atoms with Gasteiger partial charge in [0.15, 0.2) is 17.5 Å². The molecular formula is C21H35IN4O4. The molecule has 0 unspecified atom stereocenters. The number of hydrogen-bond donors (Lipinski definition) is 2. The zero-order chi connectivity index (χ0) is 21.2. The van der Waals surface area contributed by atoms with Crippen molar-refractivity contribution in [3.8, 4) is 17.2 Å². The minimum absolute atomic E-state index is 0. The Balaban J connectivity index is 0.00000450. The Hall–Kier alpha value is -1.91. The molecule has 0 saturated carbocycles. The second kappa shape index (κ2) is 13.4. The number of methoxy groups -OCH3 is 3. The van der Waals surface area contributed by atoms with Crippen molar-refractivity contribution >= 4 is 35.8 Å². The van der Waals surface area contributed by atoms with Crippen LogP contribution in [-0.4, -0.2) is 71.8 Å². The zero-order valence-electron chi connectivity index (χ0n) is 18.6. The molecule has 0 spiro atoms. The molecule has 1 aliphatic heterocycles. The lowest BCUT2D eigenvalue weighted by Gasteiger charge is -2.34. The number of piperidine rings is 1. The number of ether oxygens (including phenoxy) is 3. The fourth-order valence-corrected chi connectivity index (χ4v) is 3.71. The lowest BCUT2D eigenvalue weighted by Crippen LogP contribution is -2.46. The van der Waals surface area contributed by atoms with Crippen LogP contribution in [0, 0.1) is 5.92 Å². The molecule has 1 heterocycles. The monoisotopic (exact) mass is 534 g/mol. The molecule has 2 N–H and O–H groups in total. The fraction of sp³-hybridized carbons (Fsp3) is 0.619. The molecule has 170 valence electrons. The van der Waals surface area contributed by atoms with Crippen LogP contribution in [0.1, 0.15) is 24.8 Å². The fourth-order valence-electron chi connectivity index (χ4n) is 3.71. The molecular weight excluding hydrogens is 499 g/mol. The van der Waals surface area contributed by atoms with Gasteiger partial charge in [0, 0.05) is 45.7 Å². The van der Waals surface area contributed by atoms with E-state index >= 15 is 0 Å². The molecule has 1 saturated heterocycles. The molecule has 0 atom stereocenters. The van der Waals surface area contributed by atoms with Crippen molar-refractivity contribution in [1.29, 1.82) is 0 Å². The second-order valence-corrected chi connectivity index (χ2v) is 7.03. The molecule has 1 aromatic rings. The summed E-state index contributed by atoms with van der Waals surface area (Å²) in [6.07, 6.45) is 3.36. The number of carbonyl (C=O) groups excluding carboxylic acids is 1. The van der Waals surface area contributed by atoms with E-state index in [0.29, 0.717) is 29.6 Å². The van der Waals surface area contributed by atoms with Gasteiger partial charge in [-0.1, -0.05) is 6.07 Å². The first-order valence-electron chi connectivity index (χ1n) is 10.0. The summed E-state index contributed by atoms with van der Waals surface area (Å²) in [6, 6.07) is 3.89. The number of carbonyl (C=O) groups is 1. The third kappa shape index (κ3) is 6.82. The lowest BCUT2D eigenvalue weighted by molar-refractivity contribution is -0.121. The van der Waals surface area contributed by atoms with Gasteiger partial charge in [-0.25, -0.2) is 0 Å². The van der Waals surface area contributed by atoms with Crippen molar-refractivity contribution in [1.82, 2.24) is 15.5 Å². The van der Waals surface area contributed by atoms with E-state index in [1.54, 1.807) is 35.4 Å². The summed E-state index contributed by atoms with van der Waals surface area (Å²) in [4.78, 5) is 18.3. The van der Waals surface area contributed by atoms with E-state index in [9.17, 15) is 4.79 Å². The van der Waals surface area contributed by atoms with E-state index in [-0.39, 0.29) is 29.9 Å². The maximum absolute atomic E-state index is 11.6. The van der Waals surface area contributed by atoms with E-state index in [4.69, 9.17) is 14.2 Å². The van der Waals surface area contributed by atoms with Crippen LogP contribution in [0.25, 0.3) is 0 Å². The maximum Gasteiger partial charge on any atom is 0.220 e. The number of nitrogens with one attached hydrogen (secondary N) is 2. The van der Waals surface area contributed by atoms with Crippen LogP contribution in [-0.2, 0) is 11.2 Å². The first kappa shape index (κ1) is 26.1. The largest absolute Gasteiger partial charge is 0.493 e. The van der Waals surface area contributed by atoms with Gasteiger partial charge in [-0.15, -0.1) is 24.0 Å². The van der Waals surface area contributed by atoms with Crippen LogP contribution >= 0.6 is 24.0 Å². The summed E-state index contributed by atoms with van der Waals surface area (Å²) in [7, 11) is 8.35. The van der Waals surface area contributed by atoms with Crippen molar-refractivity contribution < 1.29 is 19.0 Å². The number of guanidine groups is 1. The first-order chi connectivity index (χ1) is 14.1. The predicted octanol–water partition coefficient (Wildman–Crippen LogP) is 2.30. The molecule has 1 fully saturated rings. The molecule has 8 nitrogen and oxygen atoms in total. The third-order valence-electron chi connectivity index (χ3n) is 5.34. The van der Waals surface area contributed by atoms with Crippen molar-refractivity contribution in [2.45, 2.75) is 25.7 Å². The summed E-state index contributed by atoms with van der Waals surface area (Å²) >= 11 is 0. The zero-order valence-corrected chi connectivity index (χ0v) is 20.9. The van der Waals surface area contributed by atoms with E-state index in [1.807, 2.05) is 12.1 Å². The van der Waals surface area contributed by atoms with E-state index in [1.165, 1.54) is 0 Å². The molecule has 0 bridgehead atoms. The number of benzene rings is 1. The van der Waals surface area contributed by atoms with Gasteiger partial charge < -0.3 is 29.7 Å². The van der Waals surface area contributed by atoms with Gasteiger partial charge in [0.1, 0.15) is 0 Å². The molecule has 0 aliphatic carbocycles. The van der Waals surface area contributed by atoms with E-state index in [2.05, 4.69) is 20.5 Å². The topological polar surface area (TPSA) is 84.4 Å². The van der Waals surface area contributed by atoms with Gasteiger partial charge in [0.25, 0.3) is 0 Å². The van der Waals surface area contributed by atoms with Crippen LogP contribution in [0.15, 0.2) is 17.1 Å². The highest BCUT2D eigenvalue weighted by Gasteiger charge is 2.23. The minimum Gasteiger partial charge on any atom is -0.493 e. The Bertz CT molecular complexity index is 706. The number of aliphatic imine (C=N–C) groups is 1.